The molecule has 0 atom stereocenters. The molecule has 0 unspecified atom stereocenters. The molecule has 3 aromatic rings. The third-order valence-corrected chi connectivity index (χ3v) is 4.97. The molecule has 1 aromatic heterocycles. The fourth-order valence-corrected chi connectivity index (χ4v) is 3.46. The van der Waals surface area contributed by atoms with E-state index in [1.807, 2.05) is 0 Å². The second-order valence-corrected chi connectivity index (χ2v) is 7.44. The van der Waals surface area contributed by atoms with Crippen LogP contribution in [0.2, 0.25) is 5.02 Å². The van der Waals surface area contributed by atoms with Crippen molar-refractivity contribution in [3.05, 3.63) is 77.1 Å². The maximum Gasteiger partial charge on any atom is 0.418 e. The predicted octanol–water partition coefficient (Wildman–Crippen LogP) is 5.25. The molecule has 0 aliphatic carbocycles. The molecule has 0 spiro atoms. The first kappa shape index (κ1) is 24.5. The third kappa shape index (κ3) is 5.44. The number of rotatable bonds is 7. The second kappa shape index (κ2) is 10.2. The minimum Gasteiger partial charge on any atom is -0.375 e. The van der Waals surface area contributed by atoms with Gasteiger partial charge in [0, 0.05) is 37.2 Å². The molecule has 0 saturated heterocycles. The molecule has 0 radical (unpaired) electrons. The maximum atomic E-state index is 13.7. The lowest BCUT2D eigenvalue weighted by atomic mass is 10.0. The Morgan fingerprint density at radius 1 is 1.00 bits per heavy atom. The minimum absolute atomic E-state index is 0.111. The number of anilines is 1. The van der Waals surface area contributed by atoms with E-state index in [1.165, 1.54) is 20.3 Å². The number of carbonyl (C=O) groups excluding carboxylic acids is 2. The van der Waals surface area contributed by atoms with Crippen molar-refractivity contribution in [2.45, 2.75) is 12.9 Å². The number of imide groups is 1. The van der Waals surface area contributed by atoms with Crippen molar-refractivity contribution in [2.75, 3.05) is 25.7 Å². The Bertz CT molecular complexity index is 1140. The number of aromatic nitrogens is 1. The summed E-state index contributed by atoms with van der Waals surface area (Å²) in [6.45, 7) is -0.718. The fraction of sp³-hybridized carbons (Fsp3) is 0.217. The first-order valence-corrected chi connectivity index (χ1v) is 10.0. The van der Waals surface area contributed by atoms with Gasteiger partial charge in [-0.15, -0.1) is 0 Å². The highest BCUT2D eigenvalue weighted by molar-refractivity contribution is 6.30. The molecule has 3 rings (SSSR count). The van der Waals surface area contributed by atoms with E-state index in [1.54, 1.807) is 42.5 Å². The van der Waals surface area contributed by atoms with Crippen molar-refractivity contribution in [1.29, 1.82) is 0 Å². The van der Waals surface area contributed by atoms with Crippen LogP contribution in [0.1, 0.15) is 15.9 Å². The molecule has 1 heterocycles. The monoisotopic (exact) mass is 480 g/mol. The highest BCUT2D eigenvalue weighted by Crippen LogP contribution is 2.36. The molecule has 2 amide bonds. The average Bonchev–Trinajstić information content (AvgIpc) is 3.20. The number of nitrogens with zero attached hydrogens (tertiary/aromatic N) is 2. The summed E-state index contributed by atoms with van der Waals surface area (Å²) >= 11 is 5.96. The summed E-state index contributed by atoms with van der Waals surface area (Å²) in [4.78, 5) is 27.1. The lowest BCUT2D eigenvalue weighted by Crippen LogP contribution is -2.40. The van der Waals surface area contributed by atoms with Crippen LogP contribution in [0.15, 0.2) is 60.9 Å². The Kier molecular flexibility index (Phi) is 7.57. The lowest BCUT2D eigenvalue weighted by molar-refractivity contribution is -0.138. The van der Waals surface area contributed by atoms with Gasteiger partial charge in [0.05, 0.1) is 16.8 Å². The van der Waals surface area contributed by atoms with Crippen LogP contribution in [0.4, 0.5) is 18.9 Å². The first-order valence-electron chi connectivity index (χ1n) is 9.64. The Hall–Kier alpha value is -3.14. The molecule has 10 heteroatoms. The summed E-state index contributed by atoms with van der Waals surface area (Å²) < 4.78 is 52.0. The zero-order chi connectivity index (χ0) is 24.2. The number of carbonyl (C=O) groups is 2. The minimum atomic E-state index is -4.82. The second-order valence-electron chi connectivity index (χ2n) is 7.01. The molecule has 0 N–H and O–H groups in total. The molecule has 0 fully saturated rings. The Morgan fingerprint density at radius 3 is 2.27 bits per heavy atom. The van der Waals surface area contributed by atoms with Crippen molar-refractivity contribution >= 4 is 29.1 Å². The van der Waals surface area contributed by atoms with Crippen LogP contribution in [0.5, 0.6) is 0 Å². The number of hydrogen-bond donors (Lipinski definition) is 0. The topological polar surface area (TPSA) is 60.8 Å². The van der Waals surface area contributed by atoms with Crippen molar-refractivity contribution in [2.24, 2.45) is 0 Å². The Balaban J connectivity index is 2.18. The summed E-state index contributed by atoms with van der Waals surface area (Å²) in [5.41, 5.74) is -0.680. The van der Waals surface area contributed by atoms with Crippen molar-refractivity contribution in [3.63, 3.8) is 0 Å². The quantitative estimate of drug-likeness (QED) is 0.463. The van der Waals surface area contributed by atoms with E-state index >= 15 is 0 Å². The molecule has 6 nitrogen and oxygen atoms in total. The zero-order valence-electron chi connectivity index (χ0n) is 17.7. The number of hydrogen-bond acceptors (Lipinski definition) is 4. The number of methoxy groups -OCH3 is 2. The van der Waals surface area contributed by atoms with Crippen LogP contribution >= 0.6 is 11.6 Å². The predicted molar refractivity (Wildman–Crippen MR) is 117 cm³/mol. The fourth-order valence-electron chi connectivity index (χ4n) is 3.34. The molecule has 0 aliphatic heterocycles. The highest BCUT2D eigenvalue weighted by Gasteiger charge is 2.39. The number of benzene rings is 2. The number of halogens is 4. The highest BCUT2D eigenvalue weighted by atomic mass is 35.5. The van der Waals surface area contributed by atoms with E-state index in [2.05, 4.69) is 0 Å². The SMILES string of the molecule is COCC(=O)N(C(=O)c1cn(COC)cc1C(F)(F)F)c1ccccc1-c1ccc(Cl)cc1. The molecule has 33 heavy (non-hydrogen) atoms. The van der Waals surface area contributed by atoms with Gasteiger partial charge in [-0.3, -0.25) is 9.59 Å². The summed E-state index contributed by atoms with van der Waals surface area (Å²) in [5.74, 6) is -1.96. The van der Waals surface area contributed by atoms with Gasteiger partial charge in [0.15, 0.2) is 0 Å². The van der Waals surface area contributed by atoms with Crippen LogP contribution in [0, 0.1) is 0 Å². The number of ether oxygens (including phenoxy) is 2. The van der Waals surface area contributed by atoms with Crippen LogP contribution in [0.25, 0.3) is 11.1 Å². The van der Waals surface area contributed by atoms with Gasteiger partial charge >= 0.3 is 6.18 Å². The molecular formula is C23H20ClF3N2O4. The number of alkyl halides is 3. The van der Waals surface area contributed by atoms with Gasteiger partial charge in [0.25, 0.3) is 11.8 Å². The average molecular weight is 481 g/mol. The first-order chi connectivity index (χ1) is 15.7. The van der Waals surface area contributed by atoms with Crippen molar-refractivity contribution in [1.82, 2.24) is 4.57 Å². The van der Waals surface area contributed by atoms with Gasteiger partial charge in [-0.05, 0) is 23.8 Å². The summed E-state index contributed by atoms with van der Waals surface area (Å²) in [6.07, 6.45) is -3.05. The van der Waals surface area contributed by atoms with Gasteiger partial charge in [-0.1, -0.05) is 41.9 Å². The van der Waals surface area contributed by atoms with Crippen LogP contribution in [0.3, 0.4) is 0 Å². The Labute approximate surface area is 193 Å². The smallest absolute Gasteiger partial charge is 0.375 e. The summed E-state index contributed by atoms with van der Waals surface area (Å²) in [7, 11) is 2.56. The normalized spacial score (nSPS) is 11.5. The van der Waals surface area contributed by atoms with E-state index in [-0.39, 0.29) is 12.4 Å². The van der Waals surface area contributed by atoms with Crippen molar-refractivity contribution in [3.8, 4) is 11.1 Å². The van der Waals surface area contributed by atoms with Gasteiger partial charge < -0.3 is 14.0 Å². The summed E-state index contributed by atoms with van der Waals surface area (Å²) in [6, 6.07) is 13.0. The largest absolute Gasteiger partial charge is 0.418 e. The van der Waals surface area contributed by atoms with E-state index in [0.29, 0.717) is 21.0 Å². The van der Waals surface area contributed by atoms with Crippen LogP contribution < -0.4 is 4.90 Å². The standard InChI is InChI=1S/C23H20ClF3N2O4/c1-32-13-21(30)29(20-6-4-3-5-17(20)15-7-9-16(24)10-8-15)22(31)18-11-28(14-33-2)12-19(18)23(25,26)27/h3-12H,13-14H2,1-2H3. The van der Waals surface area contributed by atoms with Crippen molar-refractivity contribution < 1.29 is 32.2 Å². The molecule has 174 valence electrons. The molecular weight excluding hydrogens is 461 g/mol. The van der Waals surface area contributed by atoms with E-state index in [4.69, 9.17) is 21.1 Å². The van der Waals surface area contributed by atoms with Crippen LogP contribution in [-0.2, 0) is 27.2 Å². The van der Waals surface area contributed by atoms with Gasteiger partial charge in [0.2, 0.25) is 0 Å². The molecule has 0 aliphatic rings. The molecule has 0 saturated carbocycles. The third-order valence-electron chi connectivity index (χ3n) is 4.71. The van der Waals surface area contributed by atoms with E-state index in [0.717, 1.165) is 17.0 Å². The lowest BCUT2D eigenvalue weighted by Gasteiger charge is -2.24. The van der Waals surface area contributed by atoms with E-state index in [9.17, 15) is 22.8 Å². The maximum absolute atomic E-state index is 13.7. The molecule has 2 aromatic carbocycles. The van der Waals surface area contributed by atoms with Gasteiger partial charge in [-0.2, -0.15) is 13.2 Å². The summed E-state index contributed by atoms with van der Waals surface area (Å²) in [5, 5.41) is 0.480. The number of amides is 2. The van der Waals surface area contributed by atoms with Gasteiger partial charge in [0.1, 0.15) is 13.3 Å². The van der Waals surface area contributed by atoms with E-state index < -0.39 is 35.7 Å². The zero-order valence-corrected chi connectivity index (χ0v) is 18.5. The van der Waals surface area contributed by atoms with Crippen LogP contribution in [-0.4, -0.2) is 37.2 Å². The van der Waals surface area contributed by atoms with Gasteiger partial charge in [-0.25, -0.2) is 4.90 Å². The Morgan fingerprint density at radius 2 is 1.67 bits per heavy atom. The molecule has 0 bridgehead atoms. The number of para-hydroxylation sites is 1.